The highest BCUT2D eigenvalue weighted by molar-refractivity contribution is 8.93. The first-order chi connectivity index (χ1) is 9.74. The van der Waals surface area contributed by atoms with Gasteiger partial charge < -0.3 is 9.47 Å². The van der Waals surface area contributed by atoms with Crippen molar-refractivity contribution in [2.75, 3.05) is 26.8 Å². The van der Waals surface area contributed by atoms with E-state index in [0.717, 1.165) is 38.8 Å². The maximum atomic E-state index is 11.8. The summed E-state index contributed by atoms with van der Waals surface area (Å²) >= 11 is 0. The number of halogens is 1. The van der Waals surface area contributed by atoms with E-state index in [1.165, 1.54) is 16.7 Å². The molecule has 116 valence electrons. The maximum absolute atomic E-state index is 11.8. The van der Waals surface area contributed by atoms with Gasteiger partial charge in [-0.1, -0.05) is 6.08 Å². The molecule has 0 amide bonds. The first-order valence-electron chi connectivity index (χ1n) is 7.58. The van der Waals surface area contributed by atoms with Crippen LogP contribution in [-0.2, 0) is 14.3 Å². The molecule has 0 aromatic heterocycles. The van der Waals surface area contributed by atoms with Gasteiger partial charge in [0.1, 0.15) is 6.61 Å². The predicted molar refractivity (Wildman–Crippen MR) is 84.6 cm³/mol. The second-order valence-electron chi connectivity index (χ2n) is 6.29. The smallest absolute Gasteiger partial charge is 0.310 e. The lowest BCUT2D eigenvalue weighted by molar-refractivity contribution is -0.143. The van der Waals surface area contributed by atoms with Crippen molar-refractivity contribution in [2.24, 2.45) is 0 Å². The molecule has 1 spiro atoms. The molecule has 4 aliphatic rings. The summed E-state index contributed by atoms with van der Waals surface area (Å²) in [5.74, 6) is -0.0641. The monoisotopic (exact) mass is 355 g/mol. The van der Waals surface area contributed by atoms with Crippen LogP contribution in [0.1, 0.15) is 32.1 Å². The number of esters is 1. The molecule has 0 saturated carbocycles. The second kappa shape index (κ2) is 5.52. The van der Waals surface area contributed by atoms with E-state index in [2.05, 4.69) is 11.0 Å². The van der Waals surface area contributed by atoms with Crippen LogP contribution in [0.4, 0.5) is 0 Å². The van der Waals surface area contributed by atoms with Gasteiger partial charge in [0.2, 0.25) is 0 Å². The number of rotatable bonds is 1. The molecule has 0 unspecified atom stereocenters. The van der Waals surface area contributed by atoms with Gasteiger partial charge in [0.15, 0.2) is 0 Å². The largest absolute Gasteiger partial charge is 0.461 e. The summed E-state index contributed by atoms with van der Waals surface area (Å²) in [6.45, 7) is 2.72. The number of carbonyl (C=O) groups is 1. The molecule has 0 bridgehead atoms. The van der Waals surface area contributed by atoms with Crippen molar-refractivity contribution in [3.8, 4) is 0 Å². The molecule has 2 atom stereocenters. The predicted octanol–water partition coefficient (Wildman–Crippen LogP) is 2.39. The van der Waals surface area contributed by atoms with Gasteiger partial charge in [-0.25, -0.2) is 0 Å². The van der Waals surface area contributed by atoms with E-state index >= 15 is 0 Å². The summed E-state index contributed by atoms with van der Waals surface area (Å²) in [5.41, 5.74) is 4.20. The fraction of sp³-hybridized carbons (Fsp3) is 0.688. The van der Waals surface area contributed by atoms with E-state index in [1.54, 1.807) is 7.11 Å². The Morgan fingerprint density at radius 1 is 1.38 bits per heavy atom. The summed E-state index contributed by atoms with van der Waals surface area (Å²) in [4.78, 5) is 14.4. The Balaban J connectivity index is 0.00000132. The number of cyclic esters (lactones) is 1. The molecule has 1 aliphatic carbocycles. The van der Waals surface area contributed by atoms with E-state index in [1.807, 2.05) is 0 Å². The van der Waals surface area contributed by atoms with Crippen molar-refractivity contribution in [2.45, 2.75) is 43.7 Å². The van der Waals surface area contributed by atoms with Gasteiger partial charge in [-0.2, -0.15) is 0 Å². The van der Waals surface area contributed by atoms with Crippen LogP contribution in [0.2, 0.25) is 0 Å². The van der Waals surface area contributed by atoms with Crippen LogP contribution < -0.4 is 0 Å². The van der Waals surface area contributed by atoms with E-state index in [9.17, 15) is 4.79 Å². The molecule has 0 N–H and O–H groups in total. The standard InChI is InChI=1S/C16H21NO3.BrH/c1-19-13-3-2-12-5-7-17-6-4-11-10-20-15(18)8-14(11)16(12,17)9-13;/h2,13H,3-10H2,1H3;1H/t13-,16-;/m0./s1. The molecule has 4 rings (SSSR count). The van der Waals surface area contributed by atoms with Gasteiger partial charge in [0.05, 0.1) is 18.1 Å². The summed E-state index contributed by atoms with van der Waals surface area (Å²) in [7, 11) is 1.80. The molecular weight excluding hydrogens is 334 g/mol. The first kappa shape index (κ1) is 15.3. The Hall–Kier alpha value is -0.650. The molecule has 4 nitrogen and oxygen atoms in total. The third-order valence-electron chi connectivity index (χ3n) is 5.54. The zero-order valence-electron chi connectivity index (χ0n) is 12.4. The van der Waals surface area contributed by atoms with E-state index in [4.69, 9.17) is 9.47 Å². The molecule has 0 aromatic rings. The molecular formula is C16H22BrNO3. The van der Waals surface area contributed by atoms with Gasteiger partial charge in [0.25, 0.3) is 0 Å². The highest BCUT2D eigenvalue weighted by atomic mass is 79.9. The molecule has 1 saturated heterocycles. The molecule has 5 heteroatoms. The van der Waals surface area contributed by atoms with Gasteiger partial charge in [-0.3, -0.25) is 9.69 Å². The highest BCUT2D eigenvalue weighted by Crippen LogP contribution is 2.52. The van der Waals surface area contributed by atoms with Crippen molar-refractivity contribution < 1.29 is 14.3 Å². The lowest BCUT2D eigenvalue weighted by Crippen LogP contribution is -2.54. The van der Waals surface area contributed by atoms with Gasteiger partial charge >= 0.3 is 5.97 Å². The van der Waals surface area contributed by atoms with Crippen LogP contribution in [0.3, 0.4) is 0 Å². The van der Waals surface area contributed by atoms with Crippen LogP contribution >= 0.6 is 17.0 Å². The lowest BCUT2D eigenvalue weighted by Gasteiger charge is -2.50. The molecule has 1 fully saturated rings. The Morgan fingerprint density at radius 3 is 3.00 bits per heavy atom. The molecule has 0 radical (unpaired) electrons. The summed E-state index contributed by atoms with van der Waals surface area (Å²) in [6.07, 6.45) is 7.31. The summed E-state index contributed by atoms with van der Waals surface area (Å²) in [6, 6.07) is 0. The zero-order chi connectivity index (χ0) is 13.7. The van der Waals surface area contributed by atoms with Crippen molar-refractivity contribution in [1.29, 1.82) is 0 Å². The Kier molecular flexibility index (Phi) is 4.01. The number of nitrogens with zero attached hydrogens (tertiary/aromatic N) is 1. The van der Waals surface area contributed by atoms with Crippen LogP contribution in [0.25, 0.3) is 0 Å². The van der Waals surface area contributed by atoms with E-state index in [0.29, 0.717) is 13.0 Å². The van der Waals surface area contributed by atoms with Crippen LogP contribution in [0, 0.1) is 0 Å². The molecule has 3 heterocycles. The third-order valence-corrected chi connectivity index (χ3v) is 5.54. The molecule has 0 aromatic carbocycles. The van der Waals surface area contributed by atoms with Crippen molar-refractivity contribution in [3.63, 3.8) is 0 Å². The fourth-order valence-electron chi connectivity index (χ4n) is 4.57. The minimum Gasteiger partial charge on any atom is -0.461 e. The van der Waals surface area contributed by atoms with Crippen molar-refractivity contribution in [3.05, 3.63) is 22.8 Å². The Bertz CT molecular complexity index is 528. The number of hydrogen-bond acceptors (Lipinski definition) is 4. The number of ether oxygens (including phenoxy) is 2. The number of carbonyl (C=O) groups excluding carboxylic acids is 1. The second-order valence-corrected chi connectivity index (χ2v) is 6.29. The van der Waals surface area contributed by atoms with Crippen molar-refractivity contribution >= 4 is 23.0 Å². The van der Waals surface area contributed by atoms with E-state index in [-0.39, 0.29) is 34.6 Å². The fourth-order valence-corrected chi connectivity index (χ4v) is 4.57. The average molecular weight is 356 g/mol. The maximum Gasteiger partial charge on any atom is 0.310 e. The number of hydrogen-bond donors (Lipinski definition) is 0. The van der Waals surface area contributed by atoms with E-state index < -0.39 is 0 Å². The number of methoxy groups -OCH3 is 1. The Morgan fingerprint density at radius 2 is 2.19 bits per heavy atom. The van der Waals surface area contributed by atoms with Crippen LogP contribution in [0.5, 0.6) is 0 Å². The van der Waals surface area contributed by atoms with Crippen LogP contribution in [0.15, 0.2) is 22.8 Å². The topological polar surface area (TPSA) is 38.8 Å². The van der Waals surface area contributed by atoms with Gasteiger partial charge in [-0.05, 0) is 42.4 Å². The Labute approximate surface area is 135 Å². The summed E-state index contributed by atoms with van der Waals surface area (Å²) in [5, 5.41) is 0. The zero-order valence-corrected chi connectivity index (χ0v) is 14.1. The molecule has 21 heavy (non-hydrogen) atoms. The van der Waals surface area contributed by atoms with Crippen LogP contribution in [-0.4, -0.2) is 49.3 Å². The lowest BCUT2D eigenvalue weighted by atomic mass is 9.69. The SMILES string of the molecule is Br.CO[C@H]1CC=C2CCN3CCC4=C(CC(=O)OC4)[C@]23C1. The molecule has 3 aliphatic heterocycles. The van der Waals surface area contributed by atoms with Gasteiger partial charge in [0, 0.05) is 20.2 Å². The highest BCUT2D eigenvalue weighted by Gasteiger charge is 2.53. The average Bonchev–Trinajstić information content (AvgIpc) is 2.86. The minimum atomic E-state index is -0.0641. The third kappa shape index (κ3) is 2.13. The quantitative estimate of drug-likeness (QED) is 0.534. The minimum absolute atomic E-state index is 0. The van der Waals surface area contributed by atoms with Crippen molar-refractivity contribution in [1.82, 2.24) is 4.90 Å². The summed E-state index contributed by atoms with van der Waals surface area (Å²) < 4.78 is 10.9. The first-order valence-corrected chi connectivity index (χ1v) is 7.58. The normalized spacial score (nSPS) is 35.2. The van der Waals surface area contributed by atoms with Gasteiger partial charge in [-0.15, -0.1) is 17.0 Å².